The van der Waals surface area contributed by atoms with E-state index in [1.807, 2.05) is 0 Å². The zero-order valence-electron chi connectivity index (χ0n) is 11.0. The van der Waals surface area contributed by atoms with Crippen molar-refractivity contribution in [3.63, 3.8) is 0 Å². The average molecular weight is 302 g/mol. The van der Waals surface area contributed by atoms with Gasteiger partial charge in [-0.1, -0.05) is 6.47 Å². The van der Waals surface area contributed by atoms with E-state index in [1.165, 1.54) is 13.6 Å². The average Bonchev–Trinajstić information content (AvgIpc) is 2.63. The molecule has 1 rings (SSSR count). The minimum atomic E-state index is -0.399. The summed E-state index contributed by atoms with van der Waals surface area (Å²) in [5.41, 5.74) is -0.373. The van der Waals surface area contributed by atoms with Crippen LogP contribution in [0, 0.1) is 0 Å². The van der Waals surface area contributed by atoms with E-state index >= 15 is 0 Å². The van der Waals surface area contributed by atoms with Gasteiger partial charge in [-0.25, -0.2) is 0 Å². The van der Waals surface area contributed by atoms with Crippen LogP contribution < -0.4 is 5.32 Å². The van der Waals surface area contributed by atoms with Gasteiger partial charge in [-0.05, 0) is 20.8 Å². The number of carbonyl (C=O) groups is 1. The van der Waals surface area contributed by atoms with Gasteiger partial charge >= 0.3 is 5.97 Å². The van der Waals surface area contributed by atoms with Crippen molar-refractivity contribution in [2.24, 2.45) is 0 Å². The van der Waals surface area contributed by atoms with Crippen molar-refractivity contribution in [2.75, 3.05) is 13.7 Å². The number of hydrogen-bond donors (Lipinski definition) is 2. The summed E-state index contributed by atoms with van der Waals surface area (Å²) in [5.74, 6) is -0.295. The fourth-order valence-corrected chi connectivity index (χ4v) is 1.16. The van der Waals surface area contributed by atoms with Crippen LogP contribution in [0.4, 0.5) is 0 Å². The van der Waals surface area contributed by atoms with Gasteiger partial charge in [-0.3, -0.25) is 4.79 Å². The van der Waals surface area contributed by atoms with Gasteiger partial charge in [-0.2, -0.15) is 0 Å². The summed E-state index contributed by atoms with van der Waals surface area (Å²) < 4.78 is 8.89. The number of aliphatic hydroxyl groups is 1. The molecule has 0 amide bonds. The molecule has 6 nitrogen and oxygen atoms in total. The Morgan fingerprint density at radius 1 is 1.44 bits per heavy atom. The van der Waals surface area contributed by atoms with Crippen LogP contribution in [0.5, 0.6) is 0 Å². The minimum Gasteiger partial charge on any atom is -0.649 e. The van der Waals surface area contributed by atoms with Gasteiger partial charge in [0.15, 0.2) is 0 Å². The Hall–Kier alpha value is -0.621. The van der Waals surface area contributed by atoms with E-state index in [4.69, 9.17) is 5.11 Å². The molecule has 0 saturated carbocycles. The zero-order chi connectivity index (χ0) is 13.5. The molecule has 2 N–H and O–H groups in total. The molecular weight excluding hydrogens is 282 g/mol. The Morgan fingerprint density at radius 2 is 2.00 bits per heavy atom. The summed E-state index contributed by atoms with van der Waals surface area (Å²) in [7, 11) is 1.34. The van der Waals surface area contributed by atoms with E-state index in [-0.39, 0.29) is 34.7 Å². The third kappa shape index (κ3) is 9.41. The minimum absolute atomic E-state index is 0. The first-order chi connectivity index (χ1) is 7.80. The summed E-state index contributed by atoms with van der Waals surface area (Å²) in [5, 5.41) is 11.8. The Bertz CT molecular complexity index is 254. The number of methoxy groups -OCH3 is 1. The summed E-state index contributed by atoms with van der Waals surface area (Å²) in [6, 6.07) is -0.306. The quantitative estimate of drug-likeness (QED) is 0.416. The third-order valence-corrected chi connectivity index (χ3v) is 1.94. The maximum atomic E-state index is 10.8. The smallest absolute Gasteiger partial charge is 0.322 e. The van der Waals surface area contributed by atoms with Gasteiger partial charge in [0.2, 0.25) is 0 Å². The molecule has 2 atom stereocenters. The molecule has 1 unspecified atom stereocenters. The van der Waals surface area contributed by atoms with Crippen molar-refractivity contribution in [3.8, 4) is 0 Å². The summed E-state index contributed by atoms with van der Waals surface area (Å²) >= 11 is 0. The predicted octanol–water partition coefficient (Wildman–Crippen LogP) is -0.252. The van der Waals surface area contributed by atoms with Crippen LogP contribution in [0.15, 0.2) is 0 Å². The molecule has 1 aliphatic rings. The van der Waals surface area contributed by atoms with Crippen molar-refractivity contribution >= 4 is 12.4 Å². The van der Waals surface area contributed by atoms with E-state index in [2.05, 4.69) is 14.8 Å². The molecule has 0 aromatic carbocycles. The number of ether oxygens (including phenoxy) is 2. The molecule has 0 spiro atoms. The maximum absolute atomic E-state index is 10.8. The van der Waals surface area contributed by atoms with Crippen LogP contribution in [-0.4, -0.2) is 48.9 Å². The number of rotatable bonds is 2. The van der Waals surface area contributed by atoms with E-state index in [9.17, 15) is 9.59 Å². The van der Waals surface area contributed by atoms with Crippen molar-refractivity contribution in [3.05, 3.63) is 0 Å². The molecular formula is C11H20FeNO5-. The first-order valence-corrected chi connectivity index (χ1v) is 5.34. The largest absolute Gasteiger partial charge is 0.649 e. The van der Waals surface area contributed by atoms with E-state index in [1.54, 1.807) is 20.8 Å². The van der Waals surface area contributed by atoms with Crippen LogP contribution in [0.3, 0.4) is 0 Å². The normalized spacial score (nSPS) is 22.1. The second kappa shape index (κ2) is 9.33. The molecule has 1 saturated heterocycles. The van der Waals surface area contributed by atoms with Gasteiger partial charge < -0.3 is 24.7 Å². The molecule has 0 aromatic rings. The maximum Gasteiger partial charge on any atom is 0.322 e. The van der Waals surface area contributed by atoms with Crippen LogP contribution in [0.25, 0.3) is 0 Å². The molecule has 0 bridgehead atoms. The van der Waals surface area contributed by atoms with Crippen molar-refractivity contribution in [1.29, 1.82) is 0 Å². The van der Waals surface area contributed by atoms with E-state index in [0.717, 1.165) is 0 Å². The van der Waals surface area contributed by atoms with Gasteiger partial charge in [0.1, 0.15) is 6.04 Å². The Morgan fingerprint density at radius 3 is 2.22 bits per heavy atom. The molecule has 0 aliphatic carbocycles. The Balaban J connectivity index is 0. The topological polar surface area (TPSA) is 84.9 Å². The zero-order valence-corrected chi connectivity index (χ0v) is 12.1. The monoisotopic (exact) mass is 302 g/mol. The number of esters is 1. The Kier molecular flexibility index (Phi) is 10.2. The number of aliphatic hydroxyl groups excluding tert-OH is 1. The summed E-state index contributed by atoms with van der Waals surface area (Å²) in [6.07, 6.45) is 0.0660. The standard InChI is InChI=1S/C6H11NO3.C5H9O2.Fe/c1-10-6(9)5-2-4(8)3-7-5;1-5(2,3)7-4-6;/h4-5,7-8H,2-3H2,1H3;1-3H3;/q;-1;/t4?,5-;;/m0../s1. The van der Waals surface area contributed by atoms with Crippen molar-refractivity contribution < 1.29 is 41.2 Å². The molecule has 1 aliphatic heterocycles. The number of nitrogens with one attached hydrogen (secondary N) is 1. The molecule has 0 aromatic heterocycles. The molecule has 0 radical (unpaired) electrons. The van der Waals surface area contributed by atoms with Crippen LogP contribution in [-0.2, 0) is 36.1 Å². The van der Waals surface area contributed by atoms with Gasteiger partial charge in [0.05, 0.1) is 18.8 Å². The van der Waals surface area contributed by atoms with E-state index < -0.39 is 6.10 Å². The number of hydrogen-bond acceptors (Lipinski definition) is 6. The second-order valence-electron chi connectivity index (χ2n) is 4.67. The SMILES string of the molecule is CC(C)(C)O[C-]=O.COC(=O)[C@@H]1CC(O)CN1.[Fe]. The number of carbonyl (C=O) groups excluding carboxylic acids is 2. The van der Waals surface area contributed by atoms with E-state index in [0.29, 0.717) is 13.0 Å². The summed E-state index contributed by atoms with van der Waals surface area (Å²) in [6.45, 7) is 7.21. The van der Waals surface area contributed by atoms with Gasteiger partial charge in [0.25, 0.3) is 0 Å². The Labute approximate surface area is 118 Å². The van der Waals surface area contributed by atoms with Gasteiger partial charge in [0, 0.05) is 30.0 Å². The second-order valence-corrected chi connectivity index (χ2v) is 4.67. The third-order valence-electron chi connectivity index (χ3n) is 1.94. The molecule has 1 fully saturated rings. The fourth-order valence-electron chi connectivity index (χ4n) is 1.16. The van der Waals surface area contributed by atoms with Crippen molar-refractivity contribution in [2.45, 2.75) is 44.9 Å². The van der Waals surface area contributed by atoms with Crippen LogP contribution in [0.2, 0.25) is 0 Å². The first kappa shape index (κ1) is 19.7. The molecule has 7 heteroatoms. The van der Waals surface area contributed by atoms with Crippen LogP contribution in [0.1, 0.15) is 27.2 Å². The first-order valence-electron chi connectivity index (χ1n) is 5.34. The molecule has 108 valence electrons. The van der Waals surface area contributed by atoms with Crippen molar-refractivity contribution in [1.82, 2.24) is 5.32 Å². The van der Waals surface area contributed by atoms with Crippen LogP contribution >= 0.6 is 0 Å². The van der Waals surface area contributed by atoms with Gasteiger partial charge in [-0.15, -0.1) is 0 Å². The molecule has 18 heavy (non-hydrogen) atoms. The fraction of sp³-hybridized carbons (Fsp3) is 0.818. The summed E-state index contributed by atoms with van der Waals surface area (Å²) in [4.78, 5) is 20.2. The number of β-amino-alcohol motifs (C(OH)–C–C–N with tert-alkyl or cyclic N) is 1. The molecule has 1 heterocycles. The predicted molar refractivity (Wildman–Crippen MR) is 61.0 cm³/mol.